The second-order valence-corrected chi connectivity index (χ2v) is 6.89. The first-order chi connectivity index (χ1) is 10.6. The van der Waals surface area contributed by atoms with Crippen LogP contribution >= 0.6 is 11.3 Å². The first kappa shape index (κ1) is 15.3. The standard InChI is InChI=1S/C18H23N3S/c1-13-7-5-6-8-16(13)9-10-20(4)11-17-15(3)19-18-21(17)14(2)12-22-18/h5-8,12H,9-11H2,1-4H3. The molecule has 0 aliphatic carbocycles. The first-order valence-electron chi connectivity index (χ1n) is 7.71. The van der Waals surface area contributed by atoms with E-state index < -0.39 is 0 Å². The van der Waals surface area contributed by atoms with E-state index >= 15 is 0 Å². The molecule has 3 aromatic rings. The van der Waals surface area contributed by atoms with E-state index in [2.05, 4.69) is 71.7 Å². The minimum atomic E-state index is 0.941. The molecule has 0 amide bonds. The van der Waals surface area contributed by atoms with Crippen LogP contribution < -0.4 is 0 Å². The predicted octanol–water partition coefficient (Wildman–Crippen LogP) is 4.00. The lowest BCUT2D eigenvalue weighted by Gasteiger charge is -2.17. The van der Waals surface area contributed by atoms with Crippen LogP contribution in [0.5, 0.6) is 0 Å². The van der Waals surface area contributed by atoms with Gasteiger partial charge in [-0.2, -0.15) is 0 Å². The normalized spacial score (nSPS) is 11.7. The van der Waals surface area contributed by atoms with E-state index in [9.17, 15) is 0 Å². The fourth-order valence-corrected chi connectivity index (χ4v) is 3.82. The van der Waals surface area contributed by atoms with Gasteiger partial charge in [0.25, 0.3) is 0 Å². The van der Waals surface area contributed by atoms with Crippen molar-refractivity contribution in [3.8, 4) is 0 Å². The van der Waals surface area contributed by atoms with Gasteiger partial charge in [-0.25, -0.2) is 4.98 Å². The maximum Gasteiger partial charge on any atom is 0.194 e. The van der Waals surface area contributed by atoms with Crippen LogP contribution in [0.1, 0.15) is 28.2 Å². The van der Waals surface area contributed by atoms with Gasteiger partial charge in [0.05, 0.1) is 11.4 Å². The summed E-state index contributed by atoms with van der Waals surface area (Å²) in [4.78, 5) is 8.17. The Kier molecular flexibility index (Phi) is 4.32. The third-order valence-corrected chi connectivity index (χ3v) is 5.22. The van der Waals surface area contributed by atoms with Crippen molar-refractivity contribution in [2.75, 3.05) is 13.6 Å². The van der Waals surface area contributed by atoms with E-state index in [1.165, 1.54) is 22.5 Å². The zero-order valence-corrected chi connectivity index (χ0v) is 14.6. The first-order valence-corrected chi connectivity index (χ1v) is 8.59. The quantitative estimate of drug-likeness (QED) is 0.710. The van der Waals surface area contributed by atoms with E-state index in [-0.39, 0.29) is 0 Å². The molecular formula is C18H23N3S. The molecule has 0 radical (unpaired) electrons. The van der Waals surface area contributed by atoms with Crippen molar-refractivity contribution in [2.24, 2.45) is 0 Å². The fourth-order valence-electron chi connectivity index (χ4n) is 2.89. The summed E-state index contributed by atoms with van der Waals surface area (Å²) >= 11 is 1.72. The number of hydrogen-bond acceptors (Lipinski definition) is 3. The number of thiazole rings is 1. The zero-order valence-electron chi connectivity index (χ0n) is 13.8. The summed E-state index contributed by atoms with van der Waals surface area (Å²) in [5.41, 5.74) is 6.57. The lowest BCUT2D eigenvalue weighted by molar-refractivity contribution is 0.325. The molecule has 0 fully saturated rings. The third kappa shape index (κ3) is 2.94. The smallest absolute Gasteiger partial charge is 0.194 e. The Balaban J connectivity index is 1.71. The van der Waals surface area contributed by atoms with Gasteiger partial charge in [0.1, 0.15) is 0 Å². The highest BCUT2D eigenvalue weighted by molar-refractivity contribution is 7.15. The van der Waals surface area contributed by atoms with E-state index in [1.54, 1.807) is 11.3 Å². The van der Waals surface area contributed by atoms with Crippen molar-refractivity contribution >= 4 is 16.3 Å². The lowest BCUT2D eigenvalue weighted by Crippen LogP contribution is -2.22. The van der Waals surface area contributed by atoms with Crippen molar-refractivity contribution < 1.29 is 0 Å². The van der Waals surface area contributed by atoms with Gasteiger partial charge < -0.3 is 4.90 Å². The number of fused-ring (bicyclic) bond motifs is 1. The Labute approximate surface area is 136 Å². The molecule has 4 heteroatoms. The average molecular weight is 313 g/mol. The highest BCUT2D eigenvalue weighted by Gasteiger charge is 2.14. The molecular weight excluding hydrogens is 290 g/mol. The summed E-state index contributed by atoms with van der Waals surface area (Å²) in [5, 5.41) is 2.18. The molecule has 22 heavy (non-hydrogen) atoms. The molecule has 0 aliphatic rings. The van der Waals surface area contributed by atoms with E-state index in [0.29, 0.717) is 0 Å². The average Bonchev–Trinajstić information content (AvgIpc) is 2.99. The Morgan fingerprint density at radius 1 is 1.18 bits per heavy atom. The number of imidazole rings is 1. The van der Waals surface area contributed by atoms with Crippen LogP contribution in [0.3, 0.4) is 0 Å². The third-order valence-electron chi connectivity index (χ3n) is 4.27. The number of rotatable bonds is 5. The van der Waals surface area contributed by atoms with Crippen molar-refractivity contribution in [3.63, 3.8) is 0 Å². The number of aromatic nitrogens is 2. The van der Waals surface area contributed by atoms with Gasteiger partial charge in [-0.05, 0) is 45.4 Å². The number of nitrogens with zero attached hydrogens (tertiary/aromatic N) is 3. The van der Waals surface area contributed by atoms with Crippen LogP contribution in [-0.4, -0.2) is 27.9 Å². The van der Waals surface area contributed by atoms with Crippen molar-refractivity contribution in [1.82, 2.24) is 14.3 Å². The van der Waals surface area contributed by atoms with E-state index in [1.807, 2.05) is 0 Å². The minimum absolute atomic E-state index is 0.941. The van der Waals surface area contributed by atoms with Crippen molar-refractivity contribution in [2.45, 2.75) is 33.7 Å². The Morgan fingerprint density at radius 3 is 2.73 bits per heavy atom. The van der Waals surface area contributed by atoms with Gasteiger partial charge in [0, 0.05) is 24.2 Å². The molecule has 0 atom stereocenters. The molecule has 0 saturated carbocycles. The topological polar surface area (TPSA) is 20.5 Å². The molecule has 0 saturated heterocycles. The molecule has 0 aliphatic heterocycles. The number of benzene rings is 1. The van der Waals surface area contributed by atoms with Gasteiger partial charge in [-0.15, -0.1) is 11.3 Å². The van der Waals surface area contributed by atoms with Crippen LogP contribution in [0.4, 0.5) is 0 Å². The van der Waals surface area contributed by atoms with Gasteiger partial charge in [0.2, 0.25) is 0 Å². The Morgan fingerprint density at radius 2 is 1.95 bits per heavy atom. The summed E-state index contributed by atoms with van der Waals surface area (Å²) in [6.07, 6.45) is 1.09. The van der Waals surface area contributed by atoms with Gasteiger partial charge >= 0.3 is 0 Å². The highest BCUT2D eigenvalue weighted by Crippen LogP contribution is 2.21. The Bertz CT molecular complexity index is 785. The van der Waals surface area contributed by atoms with E-state index in [0.717, 1.165) is 30.2 Å². The molecule has 3 nitrogen and oxygen atoms in total. The number of aryl methyl sites for hydroxylation is 3. The minimum Gasteiger partial charge on any atom is -0.300 e. The largest absolute Gasteiger partial charge is 0.300 e. The van der Waals surface area contributed by atoms with E-state index in [4.69, 9.17) is 0 Å². The molecule has 2 aromatic heterocycles. The van der Waals surface area contributed by atoms with Gasteiger partial charge in [-0.3, -0.25) is 4.40 Å². The fraction of sp³-hybridized carbons (Fsp3) is 0.389. The van der Waals surface area contributed by atoms with Crippen LogP contribution in [-0.2, 0) is 13.0 Å². The van der Waals surface area contributed by atoms with Gasteiger partial charge in [-0.1, -0.05) is 24.3 Å². The second kappa shape index (κ2) is 6.23. The molecule has 0 bridgehead atoms. The molecule has 3 rings (SSSR count). The van der Waals surface area contributed by atoms with Crippen LogP contribution in [0.15, 0.2) is 29.6 Å². The SMILES string of the molecule is Cc1ccccc1CCN(C)Cc1c(C)nc2scc(C)n12. The summed E-state index contributed by atoms with van der Waals surface area (Å²) < 4.78 is 2.30. The summed E-state index contributed by atoms with van der Waals surface area (Å²) in [6.45, 7) is 8.46. The molecule has 2 heterocycles. The zero-order chi connectivity index (χ0) is 15.7. The molecule has 0 unspecified atom stereocenters. The molecule has 0 spiro atoms. The molecule has 1 aromatic carbocycles. The molecule has 0 N–H and O–H groups in total. The van der Waals surface area contributed by atoms with Crippen LogP contribution in [0, 0.1) is 20.8 Å². The van der Waals surface area contributed by atoms with Crippen molar-refractivity contribution in [1.29, 1.82) is 0 Å². The summed E-state index contributed by atoms with van der Waals surface area (Å²) in [6, 6.07) is 8.65. The summed E-state index contributed by atoms with van der Waals surface area (Å²) in [7, 11) is 2.19. The maximum atomic E-state index is 4.67. The number of hydrogen-bond donors (Lipinski definition) is 0. The van der Waals surface area contributed by atoms with Crippen LogP contribution in [0.25, 0.3) is 4.96 Å². The van der Waals surface area contributed by atoms with Crippen molar-refractivity contribution in [3.05, 3.63) is 57.9 Å². The predicted molar refractivity (Wildman–Crippen MR) is 93.8 cm³/mol. The Hall–Kier alpha value is -1.65. The summed E-state index contributed by atoms with van der Waals surface area (Å²) in [5.74, 6) is 0. The highest BCUT2D eigenvalue weighted by atomic mass is 32.1. The lowest BCUT2D eigenvalue weighted by atomic mass is 10.1. The molecule has 116 valence electrons. The second-order valence-electron chi connectivity index (χ2n) is 6.05. The number of likely N-dealkylation sites (N-methyl/N-ethyl adjacent to an activating group) is 1. The van der Waals surface area contributed by atoms with Crippen LogP contribution in [0.2, 0.25) is 0 Å². The van der Waals surface area contributed by atoms with Gasteiger partial charge in [0.15, 0.2) is 4.96 Å². The maximum absolute atomic E-state index is 4.67. The monoisotopic (exact) mass is 313 g/mol.